The second kappa shape index (κ2) is 14.9. The number of amides is 3. The van der Waals surface area contributed by atoms with E-state index in [1.165, 1.54) is 11.1 Å². The lowest BCUT2D eigenvalue weighted by Crippen LogP contribution is -2.52. The van der Waals surface area contributed by atoms with Crippen molar-refractivity contribution in [3.05, 3.63) is 125 Å². The van der Waals surface area contributed by atoms with Crippen molar-refractivity contribution in [3.8, 4) is 11.5 Å². The quantitative estimate of drug-likeness (QED) is 0.106. The summed E-state index contributed by atoms with van der Waals surface area (Å²) in [4.78, 5) is 43.8. The summed E-state index contributed by atoms with van der Waals surface area (Å²) in [6.07, 6.45) is 2.46. The summed E-state index contributed by atoms with van der Waals surface area (Å²) in [6.45, 7) is 8.41. The molecule has 0 bridgehead atoms. The number of aromatic hydroxyl groups is 1. The van der Waals surface area contributed by atoms with Crippen LogP contribution in [0, 0.1) is 11.8 Å². The smallest absolute Gasteiger partial charge is 0.255 e. The molecular weight excluding hydrogens is 665 g/mol. The Bertz CT molecular complexity index is 2010. The molecule has 53 heavy (non-hydrogen) atoms. The maximum atomic E-state index is 13.1. The van der Waals surface area contributed by atoms with Crippen LogP contribution < -0.4 is 15.0 Å². The number of hydrogen-bond acceptors (Lipinski definition) is 7. The van der Waals surface area contributed by atoms with Crippen LogP contribution in [0.3, 0.4) is 0 Å². The molecule has 4 aliphatic rings. The molecular formula is C44H46N4O5. The molecule has 9 nitrogen and oxygen atoms in total. The molecule has 3 amide bonds. The average Bonchev–Trinajstić information content (AvgIpc) is 3.85. The summed E-state index contributed by atoms with van der Waals surface area (Å²) in [5, 5.41) is 12.3. The van der Waals surface area contributed by atoms with Gasteiger partial charge in [-0.25, -0.2) is 0 Å². The predicted molar refractivity (Wildman–Crippen MR) is 205 cm³/mol. The van der Waals surface area contributed by atoms with Crippen molar-refractivity contribution in [1.29, 1.82) is 0 Å². The third kappa shape index (κ3) is 7.18. The normalized spacial score (nSPS) is 21.8. The highest BCUT2D eigenvalue weighted by molar-refractivity contribution is 6.05. The van der Waals surface area contributed by atoms with Gasteiger partial charge in [-0.1, -0.05) is 61.5 Å². The van der Waals surface area contributed by atoms with Crippen LogP contribution in [0.5, 0.6) is 11.5 Å². The number of likely N-dealkylation sites (tertiary alicyclic amines) is 1. The number of hydrogen-bond donors (Lipinski definition) is 2. The summed E-state index contributed by atoms with van der Waals surface area (Å²) in [5.74, 6) is 1.56. The van der Waals surface area contributed by atoms with Crippen molar-refractivity contribution in [3.63, 3.8) is 0 Å². The number of carbonyl (C=O) groups is 3. The van der Waals surface area contributed by atoms with E-state index < -0.39 is 6.04 Å². The molecule has 272 valence electrons. The van der Waals surface area contributed by atoms with Gasteiger partial charge in [-0.3, -0.25) is 19.7 Å². The van der Waals surface area contributed by atoms with Gasteiger partial charge in [-0.2, -0.15) is 0 Å². The second-order valence-electron chi connectivity index (χ2n) is 14.8. The van der Waals surface area contributed by atoms with Crippen LogP contribution in [-0.4, -0.2) is 78.0 Å². The number of ether oxygens (including phenoxy) is 1. The van der Waals surface area contributed by atoms with Gasteiger partial charge < -0.3 is 24.5 Å². The summed E-state index contributed by atoms with van der Waals surface area (Å²) >= 11 is 0. The first-order valence-corrected chi connectivity index (χ1v) is 18.9. The zero-order chi connectivity index (χ0) is 36.5. The molecule has 3 atom stereocenters. The molecule has 4 aromatic carbocycles. The molecule has 2 N–H and O–H groups in total. The van der Waals surface area contributed by atoms with Crippen molar-refractivity contribution in [2.24, 2.45) is 11.8 Å². The molecule has 4 aromatic rings. The number of phenols is 1. The topological polar surface area (TPSA) is 102 Å². The maximum absolute atomic E-state index is 13.1. The third-order valence-electron chi connectivity index (χ3n) is 11.4. The van der Waals surface area contributed by atoms with Crippen molar-refractivity contribution in [2.45, 2.75) is 45.2 Å². The van der Waals surface area contributed by atoms with Gasteiger partial charge in [0.15, 0.2) is 0 Å². The van der Waals surface area contributed by atoms with E-state index in [-0.39, 0.29) is 29.9 Å². The molecule has 3 saturated heterocycles. The number of nitrogens with zero attached hydrogens (tertiary/aromatic N) is 3. The Morgan fingerprint density at radius 2 is 1.53 bits per heavy atom. The van der Waals surface area contributed by atoms with E-state index in [9.17, 15) is 19.5 Å². The standard InChI is InChI=1S/C44H46N4O5/c1-2-38(29-7-4-3-5-8-29)42(30-9-14-36(49)15-10-30)31-11-16-37(17-12-31)53-22-6-21-46-24-33-26-47(27-34(33)25-46)35-13-18-39-32(23-35)28-48(44(39)52)40-19-20-41(50)45-43(40)51/h3-5,7-18,23,33-34,40,49H,2,6,19-22,24-28H2,1H3,(H,45,50,51)/b42-38-. The lowest BCUT2D eigenvalue weighted by Gasteiger charge is -2.29. The zero-order valence-electron chi connectivity index (χ0n) is 30.2. The van der Waals surface area contributed by atoms with Crippen molar-refractivity contribution in [1.82, 2.24) is 15.1 Å². The fourth-order valence-corrected chi connectivity index (χ4v) is 8.75. The molecule has 0 spiro atoms. The molecule has 4 aliphatic heterocycles. The Balaban J connectivity index is 0.830. The van der Waals surface area contributed by atoms with Crippen molar-refractivity contribution in [2.75, 3.05) is 44.2 Å². The average molecular weight is 711 g/mol. The number of benzene rings is 4. The Kier molecular flexibility index (Phi) is 9.75. The Morgan fingerprint density at radius 3 is 2.21 bits per heavy atom. The van der Waals surface area contributed by atoms with Crippen molar-refractivity contribution >= 4 is 34.6 Å². The van der Waals surface area contributed by atoms with E-state index in [0.29, 0.717) is 37.0 Å². The first-order valence-electron chi connectivity index (χ1n) is 18.9. The summed E-state index contributed by atoms with van der Waals surface area (Å²) in [7, 11) is 0. The largest absolute Gasteiger partial charge is 0.508 e. The number of imide groups is 1. The van der Waals surface area contributed by atoms with Crippen molar-refractivity contribution < 1.29 is 24.2 Å². The molecule has 0 radical (unpaired) electrons. The van der Waals surface area contributed by atoms with Gasteiger partial charge in [-0.15, -0.1) is 0 Å². The molecule has 0 saturated carbocycles. The number of nitrogens with one attached hydrogen (secondary N) is 1. The first kappa shape index (κ1) is 34.7. The molecule has 8 rings (SSSR count). The third-order valence-corrected chi connectivity index (χ3v) is 11.4. The second-order valence-corrected chi connectivity index (χ2v) is 14.8. The van der Waals surface area contributed by atoms with E-state index >= 15 is 0 Å². The number of allylic oxidation sites excluding steroid dienone is 1. The SMILES string of the molecule is CC/C(=C(\c1ccc(O)cc1)c1ccc(OCCCN2CC3CN(c4ccc5c(c4)CN(C4CCC(=O)NC4=O)C5=O)CC3C2)cc1)c1ccccc1. The van der Waals surface area contributed by atoms with Crippen LogP contribution >= 0.6 is 0 Å². The number of fused-ring (bicyclic) bond motifs is 2. The van der Waals surface area contributed by atoms with Gasteiger partial charge in [-0.05, 0) is 107 Å². The fourth-order valence-electron chi connectivity index (χ4n) is 8.75. The van der Waals surface area contributed by atoms with Gasteiger partial charge in [0.05, 0.1) is 6.61 Å². The highest BCUT2D eigenvalue weighted by Crippen LogP contribution is 2.38. The lowest BCUT2D eigenvalue weighted by molar-refractivity contribution is -0.136. The maximum Gasteiger partial charge on any atom is 0.255 e. The fraction of sp³-hybridized carbons (Fsp3) is 0.341. The predicted octanol–water partition coefficient (Wildman–Crippen LogP) is 6.36. The van der Waals surface area contributed by atoms with E-state index in [1.807, 2.05) is 30.3 Å². The molecule has 4 heterocycles. The molecule has 3 unspecified atom stereocenters. The van der Waals surface area contributed by atoms with Crippen LogP contribution in [-0.2, 0) is 16.1 Å². The zero-order valence-corrected chi connectivity index (χ0v) is 30.2. The molecule has 0 aromatic heterocycles. The number of piperidine rings is 1. The van der Waals surface area contributed by atoms with E-state index in [4.69, 9.17) is 4.74 Å². The van der Waals surface area contributed by atoms with E-state index in [1.54, 1.807) is 17.0 Å². The number of carbonyl (C=O) groups excluding carboxylic acids is 3. The van der Waals surface area contributed by atoms with Gasteiger partial charge >= 0.3 is 0 Å². The summed E-state index contributed by atoms with van der Waals surface area (Å²) in [5.41, 5.74) is 8.54. The van der Waals surface area contributed by atoms with Gasteiger partial charge in [0, 0.05) is 56.9 Å². The Hall–Kier alpha value is -5.41. The van der Waals surface area contributed by atoms with Gasteiger partial charge in [0.25, 0.3) is 5.91 Å². The monoisotopic (exact) mass is 710 g/mol. The summed E-state index contributed by atoms with van der Waals surface area (Å²) < 4.78 is 6.21. The minimum Gasteiger partial charge on any atom is -0.508 e. The number of rotatable bonds is 11. The molecule has 9 heteroatoms. The van der Waals surface area contributed by atoms with Crippen LogP contribution in [0.2, 0.25) is 0 Å². The summed E-state index contributed by atoms with van der Waals surface area (Å²) in [6, 6.07) is 31.8. The number of anilines is 1. The molecule has 3 fully saturated rings. The van der Waals surface area contributed by atoms with Crippen LogP contribution in [0.15, 0.2) is 97.1 Å². The number of phenolic OH excluding ortho intramolecular Hbond substituents is 1. The van der Waals surface area contributed by atoms with E-state index in [0.717, 1.165) is 79.3 Å². The van der Waals surface area contributed by atoms with Gasteiger partial charge in [0.2, 0.25) is 11.8 Å². The minimum absolute atomic E-state index is 0.128. The van der Waals surface area contributed by atoms with Crippen LogP contribution in [0.1, 0.15) is 65.2 Å². The highest BCUT2D eigenvalue weighted by Gasteiger charge is 2.42. The minimum atomic E-state index is -0.591. The highest BCUT2D eigenvalue weighted by atomic mass is 16.5. The van der Waals surface area contributed by atoms with Gasteiger partial charge in [0.1, 0.15) is 17.5 Å². The van der Waals surface area contributed by atoms with E-state index in [2.05, 4.69) is 76.6 Å². The van der Waals surface area contributed by atoms with Crippen LogP contribution in [0.25, 0.3) is 11.1 Å². The Morgan fingerprint density at radius 1 is 0.830 bits per heavy atom. The lowest BCUT2D eigenvalue weighted by atomic mass is 9.88. The molecule has 0 aliphatic carbocycles. The Labute approximate surface area is 310 Å². The first-order chi connectivity index (χ1) is 25.8. The van der Waals surface area contributed by atoms with Crippen LogP contribution in [0.4, 0.5) is 5.69 Å².